The third-order valence-corrected chi connectivity index (χ3v) is 8.83. The summed E-state index contributed by atoms with van der Waals surface area (Å²) >= 11 is 6.43. The highest BCUT2D eigenvalue weighted by molar-refractivity contribution is 6.30. The highest BCUT2D eigenvalue weighted by atomic mass is 35.5. The van der Waals surface area contributed by atoms with E-state index in [-0.39, 0.29) is 42.4 Å². The number of para-hydroxylation sites is 1. The molecule has 0 unspecified atom stereocenters. The number of nitrogens with zero attached hydrogens (tertiary/aromatic N) is 3. The Balaban J connectivity index is 0.00000152. The van der Waals surface area contributed by atoms with Gasteiger partial charge in [0.05, 0.1) is 6.17 Å². The topological polar surface area (TPSA) is 38.8 Å². The number of likely N-dealkylation sites (tertiary alicyclic amines) is 1. The van der Waals surface area contributed by atoms with Crippen LogP contribution in [0.4, 0.5) is 11.4 Å². The summed E-state index contributed by atoms with van der Waals surface area (Å²) in [7, 11) is 0. The monoisotopic (exact) mass is 550 g/mol. The van der Waals surface area contributed by atoms with Crippen LogP contribution >= 0.6 is 36.4 Å². The molecule has 0 aromatic heterocycles. The predicted octanol–water partition coefficient (Wildman–Crippen LogP) is 5.59. The van der Waals surface area contributed by atoms with Crippen LogP contribution in [0.5, 0.6) is 0 Å². The maximum Gasteiger partial charge on any atom is 0.241 e. The van der Waals surface area contributed by atoms with E-state index < -0.39 is 0 Å². The molecule has 1 amide bonds. The second-order valence-corrected chi connectivity index (χ2v) is 10.9. The lowest BCUT2D eigenvalue weighted by atomic mass is 9.85. The third-order valence-electron chi connectivity index (χ3n) is 8.60. The summed E-state index contributed by atoms with van der Waals surface area (Å²) in [4.78, 5) is 20.5. The minimum atomic E-state index is -0.249. The van der Waals surface area contributed by atoms with Crippen molar-refractivity contribution in [3.63, 3.8) is 0 Å². The van der Waals surface area contributed by atoms with Crippen LogP contribution in [-0.2, 0) is 17.6 Å². The molecule has 36 heavy (non-hydrogen) atoms. The first-order chi connectivity index (χ1) is 16.6. The van der Waals surface area contributed by atoms with Crippen LogP contribution in [0.1, 0.15) is 49.7 Å². The molecule has 4 heterocycles. The van der Waals surface area contributed by atoms with E-state index in [1.54, 1.807) is 0 Å². The Hall–Kier alpha value is -1.50. The summed E-state index contributed by atoms with van der Waals surface area (Å²) < 4.78 is 0. The average Bonchev–Trinajstić information content (AvgIpc) is 3.03. The van der Waals surface area contributed by atoms with E-state index in [0.717, 1.165) is 76.3 Å². The molecular weight excluding hydrogens is 515 g/mol. The molecule has 3 fully saturated rings. The maximum absolute atomic E-state index is 12.9. The lowest BCUT2D eigenvalue weighted by molar-refractivity contribution is -0.129. The molecule has 6 rings (SSSR count). The number of anilines is 2. The van der Waals surface area contributed by atoms with Crippen LogP contribution in [0, 0.1) is 0 Å². The number of carbonyl (C=O) groups excluding carboxylic acids is 1. The van der Waals surface area contributed by atoms with E-state index >= 15 is 0 Å². The third kappa shape index (κ3) is 4.98. The van der Waals surface area contributed by atoms with Crippen LogP contribution in [0.2, 0.25) is 5.02 Å². The highest BCUT2D eigenvalue weighted by Gasteiger charge is 2.54. The first-order valence-corrected chi connectivity index (χ1v) is 13.5. The molecule has 2 aromatic carbocycles. The van der Waals surface area contributed by atoms with Gasteiger partial charge in [0.1, 0.15) is 5.54 Å². The zero-order valence-corrected chi connectivity index (χ0v) is 23.1. The summed E-state index contributed by atoms with van der Waals surface area (Å²) in [5.74, 6) is 0.286. The molecule has 0 bridgehead atoms. The van der Waals surface area contributed by atoms with Gasteiger partial charge < -0.3 is 15.1 Å². The molecule has 1 spiro atoms. The molecule has 5 nitrogen and oxygen atoms in total. The molecule has 0 radical (unpaired) electrons. The molecular formula is C28H37Cl3N4O. The molecule has 0 aliphatic carbocycles. The Labute approximate surface area is 232 Å². The minimum absolute atomic E-state index is 0. The van der Waals surface area contributed by atoms with E-state index in [4.69, 9.17) is 11.6 Å². The lowest BCUT2D eigenvalue weighted by Gasteiger charge is -2.45. The molecule has 0 saturated carbocycles. The average molecular weight is 552 g/mol. The number of halogens is 3. The molecule has 4 aliphatic heterocycles. The maximum atomic E-state index is 12.9. The van der Waals surface area contributed by atoms with Gasteiger partial charge in [0.2, 0.25) is 5.91 Å². The first-order valence-electron chi connectivity index (χ1n) is 13.1. The second kappa shape index (κ2) is 11.5. The first kappa shape index (κ1) is 27.5. The minimum Gasteiger partial charge on any atom is -0.341 e. The van der Waals surface area contributed by atoms with Crippen molar-refractivity contribution >= 4 is 53.7 Å². The van der Waals surface area contributed by atoms with Crippen LogP contribution in [0.25, 0.3) is 0 Å². The summed E-state index contributed by atoms with van der Waals surface area (Å²) in [6, 6.07) is 15.2. The normalized spacial score (nSPS) is 23.0. The van der Waals surface area contributed by atoms with Crippen LogP contribution < -0.4 is 10.2 Å². The SMILES string of the molecule is Cl.Cl.O=C1N[C@H]2CCCCN2C12CCN(CCCN1c3ccccc3CCc3ccc(Cl)cc31)CC2. The quantitative estimate of drug-likeness (QED) is 0.538. The van der Waals surface area contributed by atoms with E-state index in [9.17, 15) is 4.79 Å². The van der Waals surface area contributed by atoms with Crippen molar-refractivity contribution in [3.05, 3.63) is 58.6 Å². The van der Waals surface area contributed by atoms with Crippen molar-refractivity contribution in [2.45, 2.75) is 63.1 Å². The molecule has 3 saturated heterocycles. The predicted molar refractivity (Wildman–Crippen MR) is 152 cm³/mol. The summed E-state index contributed by atoms with van der Waals surface area (Å²) in [5, 5.41) is 4.10. The molecule has 4 aliphatic rings. The van der Waals surface area contributed by atoms with Crippen molar-refractivity contribution in [3.8, 4) is 0 Å². The number of nitrogens with one attached hydrogen (secondary N) is 1. The van der Waals surface area contributed by atoms with Crippen molar-refractivity contribution in [1.29, 1.82) is 0 Å². The van der Waals surface area contributed by atoms with E-state index in [2.05, 4.69) is 56.4 Å². The molecule has 1 atom stereocenters. The molecule has 1 N–H and O–H groups in total. The number of rotatable bonds is 4. The fourth-order valence-electron chi connectivity index (χ4n) is 6.75. The smallest absolute Gasteiger partial charge is 0.241 e. The Morgan fingerprint density at radius 3 is 2.47 bits per heavy atom. The summed E-state index contributed by atoms with van der Waals surface area (Å²) in [6.07, 6.45) is 8.97. The number of carbonyl (C=O) groups is 1. The number of fused-ring (bicyclic) bond motifs is 4. The Morgan fingerprint density at radius 1 is 0.917 bits per heavy atom. The largest absolute Gasteiger partial charge is 0.341 e. The van der Waals surface area contributed by atoms with Crippen molar-refractivity contribution in [1.82, 2.24) is 15.1 Å². The van der Waals surface area contributed by atoms with E-state index in [1.165, 1.54) is 35.3 Å². The fraction of sp³-hybridized carbons (Fsp3) is 0.536. The number of hydrogen-bond donors (Lipinski definition) is 1. The summed E-state index contributed by atoms with van der Waals surface area (Å²) in [5.41, 5.74) is 5.12. The van der Waals surface area contributed by atoms with Crippen LogP contribution in [-0.4, -0.2) is 60.1 Å². The lowest BCUT2D eigenvalue weighted by Crippen LogP contribution is -2.58. The van der Waals surface area contributed by atoms with Crippen LogP contribution in [0.15, 0.2) is 42.5 Å². The van der Waals surface area contributed by atoms with Crippen LogP contribution in [0.3, 0.4) is 0 Å². The van der Waals surface area contributed by atoms with Gasteiger partial charge in [0.15, 0.2) is 0 Å². The van der Waals surface area contributed by atoms with Gasteiger partial charge in [0.25, 0.3) is 0 Å². The van der Waals surface area contributed by atoms with Crippen molar-refractivity contribution in [2.24, 2.45) is 0 Å². The Bertz CT molecular complexity index is 1070. The summed E-state index contributed by atoms with van der Waals surface area (Å²) in [6.45, 7) is 5.13. The van der Waals surface area contributed by atoms with Gasteiger partial charge in [-0.05, 0) is 87.2 Å². The highest BCUT2D eigenvalue weighted by Crippen LogP contribution is 2.39. The van der Waals surface area contributed by atoms with Gasteiger partial charge in [0, 0.05) is 42.6 Å². The number of piperidine rings is 2. The van der Waals surface area contributed by atoms with Crippen molar-refractivity contribution in [2.75, 3.05) is 37.6 Å². The van der Waals surface area contributed by atoms with Gasteiger partial charge in [-0.1, -0.05) is 35.9 Å². The molecule has 8 heteroatoms. The molecule has 196 valence electrons. The number of hydrogen-bond acceptors (Lipinski definition) is 4. The number of benzene rings is 2. The van der Waals surface area contributed by atoms with Gasteiger partial charge in [-0.2, -0.15) is 0 Å². The Morgan fingerprint density at radius 2 is 1.67 bits per heavy atom. The van der Waals surface area contributed by atoms with Gasteiger partial charge in [-0.3, -0.25) is 9.69 Å². The second-order valence-electron chi connectivity index (χ2n) is 10.5. The van der Waals surface area contributed by atoms with Gasteiger partial charge in [-0.25, -0.2) is 0 Å². The number of aryl methyl sites for hydroxylation is 2. The zero-order chi connectivity index (χ0) is 23.1. The Kier molecular flexibility index (Phi) is 8.79. The van der Waals surface area contributed by atoms with Gasteiger partial charge in [-0.15, -0.1) is 24.8 Å². The molecule has 2 aromatic rings. The standard InChI is InChI=1S/C28H35ClN4O.2ClH/c29-23-12-11-22-10-9-21-6-1-2-7-24(21)32(25(22)20-23)16-5-15-31-18-13-28(14-19-31)27(34)30-26-8-3-4-17-33(26)28;;/h1-2,6-7,11-12,20,26H,3-5,8-10,13-19H2,(H,30,34);2*1H/t26-;;/m1../s1. The zero-order valence-electron chi connectivity index (χ0n) is 20.8. The van der Waals surface area contributed by atoms with E-state index in [1.807, 2.05) is 6.07 Å². The van der Waals surface area contributed by atoms with Gasteiger partial charge >= 0.3 is 0 Å². The fourth-order valence-corrected chi connectivity index (χ4v) is 6.91. The number of amides is 1. The van der Waals surface area contributed by atoms with E-state index in [0.29, 0.717) is 0 Å². The van der Waals surface area contributed by atoms with Crippen molar-refractivity contribution < 1.29 is 4.79 Å².